The number of carbonyl (C=O) groups is 1. The SMILES string of the molecule is O=C(NCc1cc(C(F)(F)F)cc(C(F)(F)F)c1)C1(C(CC2CC2)c2cc(CF)c3ccc(=O)[nH]c3c2)CCNC1. The Morgan fingerprint density at radius 2 is 1.68 bits per heavy atom. The number of carbonyl (C=O) groups excluding carboxylic acids is 1. The minimum Gasteiger partial charge on any atom is -0.351 e. The lowest BCUT2D eigenvalue weighted by Gasteiger charge is -2.37. The highest BCUT2D eigenvalue weighted by atomic mass is 19.4. The van der Waals surface area contributed by atoms with E-state index in [1.165, 1.54) is 12.1 Å². The second-order valence-corrected chi connectivity index (χ2v) is 11.0. The van der Waals surface area contributed by atoms with Gasteiger partial charge in [-0.3, -0.25) is 9.59 Å². The van der Waals surface area contributed by atoms with E-state index in [1.54, 1.807) is 12.1 Å². The molecule has 1 saturated carbocycles. The number of hydrogen-bond donors (Lipinski definition) is 3. The van der Waals surface area contributed by atoms with Crippen molar-refractivity contribution < 1.29 is 35.5 Å². The lowest BCUT2D eigenvalue weighted by atomic mass is 9.68. The molecule has 1 saturated heterocycles. The quantitative estimate of drug-likeness (QED) is 0.276. The Morgan fingerprint density at radius 3 is 2.24 bits per heavy atom. The molecule has 5 nitrogen and oxygen atoms in total. The van der Waals surface area contributed by atoms with Gasteiger partial charge in [0, 0.05) is 30.1 Å². The summed E-state index contributed by atoms with van der Waals surface area (Å²) < 4.78 is 94.2. The van der Waals surface area contributed by atoms with Crippen LogP contribution in [-0.4, -0.2) is 24.0 Å². The largest absolute Gasteiger partial charge is 0.416 e. The van der Waals surface area contributed by atoms with E-state index in [4.69, 9.17) is 0 Å². The molecule has 3 N–H and O–H groups in total. The van der Waals surface area contributed by atoms with E-state index in [1.807, 2.05) is 0 Å². The standard InChI is InChI=1S/C29H28F7N3O2/c30-13-19-10-18(11-24-22(19)3-4-25(40)39-24)23(9-16-1-2-16)27(5-6-37-15-27)26(41)38-14-17-7-20(28(31,32)33)12-21(8-17)29(34,35)36/h3-4,7-8,10-12,16,23,37H,1-2,5-6,9,13-15H2,(H,38,41)(H,39,40). The van der Waals surface area contributed by atoms with E-state index in [-0.39, 0.29) is 23.7 Å². The van der Waals surface area contributed by atoms with Crippen molar-refractivity contribution in [2.45, 2.75) is 57.2 Å². The van der Waals surface area contributed by atoms with Crippen LogP contribution in [0.2, 0.25) is 0 Å². The molecule has 2 aliphatic rings. The fourth-order valence-corrected chi connectivity index (χ4v) is 5.89. The zero-order valence-electron chi connectivity index (χ0n) is 21.8. The Morgan fingerprint density at radius 1 is 1.00 bits per heavy atom. The fourth-order valence-electron chi connectivity index (χ4n) is 5.89. The Balaban J connectivity index is 1.50. The number of pyridine rings is 1. The van der Waals surface area contributed by atoms with Gasteiger partial charge >= 0.3 is 12.4 Å². The second-order valence-electron chi connectivity index (χ2n) is 11.0. The summed E-state index contributed by atoms with van der Waals surface area (Å²) in [5, 5.41) is 6.33. The molecule has 0 radical (unpaired) electrons. The molecule has 2 fully saturated rings. The summed E-state index contributed by atoms with van der Waals surface area (Å²) in [6, 6.07) is 7.51. The predicted octanol–water partition coefficient (Wildman–Crippen LogP) is 6.22. The van der Waals surface area contributed by atoms with E-state index in [2.05, 4.69) is 15.6 Å². The van der Waals surface area contributed by atoms with E-state index in [0.717, 1.165) is 12.8 Å². The minimum absolute atomic E-state index is 0.0475. The van der Waals surface area contributed by atoms with Crippen LogP contribution in [-0.2, 0) is 30.4 Å². The zero-order valence-corrected chi connectivity index (χ0v) is 21.8. The number of alkyl halides is 7. The monoisotopic (exact) mass is 583 g/mol. The average Bonchev–Trinajstić information content (AvgIpc) is 3.61. The summed E-state index contributed by atoms with van der Waals surface area (Å²) in [5.41, 5.74) is -3.28. The molecule has 3 aromatic rings. The molecule has 2 atom stereocenters. The maximum Gasteiger partial charge on any atom is 0.416 e. The molecular formula is C29H28F7N3O2. The zero-order chi connectivity index (χ0) is 29.6. The maximum atomic E-state index is 14.1. The van der Waals surface area contributed by atoms with Crippen LogP contribution in [0.25, 0.3) is 10.9 Å². The normalized spacial score (nSPS) is 20.4. The summed E-state index contributed by atoms with van der Waals surface area (Å²) in [4.78, 5) is 28.6. The van der Waals surface area contributed by atoms with Crippen LogP contribution in [0, 0.1) is 11.3 Å². The molecule has 2 heterocycles. The van der Waals surface area contributed by atoms with E-state index >= 15 is 0 Å². The number of aromatic nitrogens is 1. The molecule has 1 amide bonds. The van der Waals surface area contributed by atoms with Crippen LogP contribution in [0.3, 0.4) is 0 Å². The number of aromatic amines is 1. The topological polar surface area (TPSA) is 74.0 Å². The molecule has 0 spiro atoms. The van der Waals surface area contributed by atoms with Crippen LogP contribution in [0.4, 0.5) is 30.7 Å². The average molecular weight is 584 g/mol. The molecule has 2 aromatic carbocycles. The highest BCUT2D eigenvalue weighted by Crippen LogP contribution is 2.50. The summed E-state index contributed by atoms with van der Waals surface area (Å²) in [7, 11) is 0. The van der Waals surface area contributed by atoms with Crippen molar-refractivity contribution in [3.05, 3.63) is 80.6 Å². The lowest BCUT2D eigenvalue weighted by Crippen LogP contribution is -2.46. The van der Waals surface area contributed by atoms with Crippen molar-refractivity contribution in [1.82, 2.24) is 15.6 Å². The van der Waals surface area contributed by atoms with E-state index in [0.29, 0.717) is 59.5 Å². The van der Waals surface area contributed by atoms with Crippen LogP contribution in [0.15, 0.2) is 47.3 Å². The van der Waals surface area contributed by atoms with Crippen LogP contribution in [0.5, 0.6) is 0 Å². The van der Waals surface area contributed by atoms with Gasteiger partial charge in [0.15, 0.2) is 0 Å². The number of hydrogen-bond acceptors (Lipinski definition) is 3. The van der Waals surface area contributed by atoms with Crippen LogP contribution >= 0.6 is 0 Å². The molecule has 5 rings (SSSR count). The van der Waals surface area contributed by atoms with Crippen molar-refractivity contribution in [1.29, 1.82) is 0 Å². The van der Waals surface area contributed by atoms with Crippen molar-refractivity contribution >= 4 is 16.8 Å². The Hall–Kier alpha value is -3.41. The minimum atomic E-state index is -5.00. The van der Waals surface area contributed by atoms with Crippen LogP contribution < -0.4 is 16.2 Å². The van der Waals surface area contributed by atoms with E-state index in [9.17, 15) is 40.3 Å². The van der Waals surface area contributed by atoms with Gasteiger partial charge in [0.05, 0.1) is 16.5 Å². The molecular weight excluding hydrogens is 555 g/mol. The van der Waals surface area contributed by atoms with Crippen molar-refractivity contribution in [3.63, 3.8) is 0 Å². The molecule has 12 heteroatoms. The van der Waals surface area contributed by atoms with Gasteiger partial charge in [-0.25, -0.2) is 4.39 Å². The number of fused-ring (bicyclic) bond motifs is 1. The summed E-state index contributed by atoms with van der Waals surface area (Å²) >= 11 is 0. The molecule has 1 aliphatic heterocycles. The number of nitrogens with one attached hydrogen (secondary N) is 3. The number of H-pyrrole nitrogens is 1. The second kappa shape index (κ2) is 10.8. The first kappa shape index (κ1) is 29.1. The van der Waals surface area contributed by atoms with Gasteiger partial charge in [-0.2, -0.15) is 26.3 Å². The summed E-state index contributed by atoms with van der Waals surface area (Å²) in [6.07, 6.45) is -7.15. The van der Waals surface area contributed by atoms with Gasteiger partial charge in [-0.05, 0) is 78.2 Å². The Bertz CT molecular complexity index is 1470. The molecule has 1 aromatic heterocycles. The molecule has 1 aliphatic carbocycles. The first-order chi connectivity index (χ1) is 19.3. The smallest absolute Gasteiger partial charge is 0.351 e. The molecule has 0 bridgehead atoms. The third-order valence-electron chi connectivity index (χ3n) is 8.17. The van der Waals surface area contributed by atoms with E-state index < -0.39 is 53.9 Å². The number of amides is 1. The third-order valence-corrected chi connectivity index (χ3v) is 8.17. The number of benzene rings is 2. The van der Waals surface area contributed by atoms with Gasteiger partial charge in [0.1, 0.15) is 6.67 Å². The van der Waals surface area contributed by atoms with Gasteiger partial charge in [-0.1, -0.05) is 18.9 Å². The van der Waals surface area contributed by atoms with Gasteiger partial charge < -0.3 is 15.6 Å². The maximum absolute atomic E-state index is 14.1. The number of halogens is 7. The van der Waals surface area contributed by atoms with Crippen molar-refractivity contribution in [3.8, 4) is 0 Å². The highest BCUT2D eigenvalue weighted by molar-refractivity contribution is 5.86. The molecule has 220 valence electrons. The van der Waals surface area contributed by atoms with Crippen molar-refractivity contribution in [2.24, 2.45) is 11.3 Å². The first-order valence-electron chi connectivity index (χ1n) is 13.3. The fraction of sp³-hybridized carbons (Fsp3) is 0.448. The molecule has 41 heavy (non-hydrogen) atoms. The van der Waals surface area contributed by atoms with Gasteiger partial charge in [0.2, 0.25) is 11.5 Å². The Labute approximate surface area is 230 Å². The highest BCUT2D eigenvalue weighted by Gasteiger charge is 2.50. The Kier molecular flexibility index (Phi) is 7.65. The third kappa shape index (κ3) is 6.12. The van der Waals surface area contributed by atoms with Crippen molar-refractivity contribution in [2.75, 3.05) is 13.1 Å². The summed E-state index contributed by atoms with van der Waals surface area (Å²) in [5.74, 6) is -0.624. The predicted molar refractivity (Wildman–Crippen MR) is 138 cm³/mol. The van der Waals surface area contributed by atoms with Gasteiger partial charge in [-0.15, -0.1) is 0 Å². The van der Waals surface area contributed by atoms with Gasteiger partial charge in [0.25, 0.3) is 0 Å². The number of rotatable bonds is 8. The van der Waals surface area contributed by atoms with Crippen LogP contribution in [0.1, 0.15) is 59.4 Å². The molecule has 2 unspecified atom stereocenters. The first-order valence-corrected chi connectivity index (χ1v) is 13.3. The summed E-state index contributed by atoms with van der Waals surface area (Å²) in [6.45, 7) is -0.650. The lowest BCUT2D eigenvalue weighted by molar-refractivity contribution is -0.143.